The van der Waals surface area contributed by atoms with Gasteiger partial charge < -0.3 is 9.47 Å². The Labute approximate surface area is 164 Å². The van der Waals surface area contributed by atoms with E-state index in [1.807, 2.05) is 41.8 Å². The number of benzene rings is 2. The molecule has 3 aromatic rings. The molecule has 0 saturated heterocycles. The molecule has 8 heteroatoms. The number of fused-ring (bicyclic) bond motifs is 1. The summed E-state index contributed by atoms with van der Waals surface area (Å²) in [5.41, 5.74) is 4.08. The van der Waals surface area contributed by atoms with Crippen LogP contribution in [0.15, 0.2) is 59.0 Å². The van der Waals surface area contributed by atoms with Crippen molar-refractivity contribution in [2.45, 2.75) is 6.10 Å². The number of amides is 1. The molecule has 2 aromatic carbocycles. The normalized spacial score (nSPS) is 15.7. The van der Waals surface area contributed by atoms with Crippen LogP contribution in [-0.4, -0.2) is 29.8 Å². The van der Waals surface area contributed by atoms with E-state index in [0.717, 1.165) is 10.6 Å². The molecule has 0 aliphatic carbocycles. The lowest BCUT2D eigenvalue weighted by Gasteiger charge is -2.24. The van der Waals surface area contributed by atoms with Crippen molar-refractivity contribution < 1.29 is 14.3 Å². The van der Waals surface area contributed by atoms with E-state index in [1.165, 1.54) is 17.6 Å². The van der Waals surface area contributed by atoms with Crippen molar-refractivity contribution in [1.82, 2.24) is 10.4 Å². The highest BCUT2D eigenvalue weighted by Gasteiger charge is 2.26. The molecular weight excluding hydrogens is 386 g/mol. The van der Waals surface area contributed by atoms with Crippen LogP contribution in [0.1, 0.15) is 5.69 Å². The van der Waals surface area contributed by atoms with E-state index < -0.39 is 6.10 Å². The highest BCUT2D eigenvalue weighted by Crippen LogP contribution is 2.30. The summed E-state index contributed by atoms with van der Waals surface area (Å²) in [7, 11) is 0. The SMILES string of the molecule is O=C(N/N=C\c1csc(-c2ccc(Cl)cc2)n1)[C@H]1COc2ccccc2O1. The number of halogens is 1. The van der Waals surface area contributed by atoms with Gasteiger partial charge in [-0.15, -0.1) is 11.3 Å². The third kappa shape index (κ3) is 4.10. The molecule has 0 fully saturated rings. The van der Waals surface area contributed by atoms with Gasteiger partial charge >= 0.3 is 0 Å². The molecule has 1 aliphatic heterocycles. The summed E-state index contributed by atoms with van der Waals surface area (Å²) in [6.45, 7) is 0.135. The van der Waals surface area contributed by atoms with Crippen LogP contribution in [0, 0.1) is 0 Å². The van der Waals surface area contributed by atoms with Crippen molar-refractivity contribution in [2.75, 3.05) is 6.61 Å². The maximum absolute atomic E-state index is 12.2. The van der Waals surface area contributed by atoms with Crippen molar-refractivity contribution >= 4 is 35.1 Å². The summed E-state index contributed by atoms with van der Waals surface area (Å²) in [6.07, 6.45) is 0.739. The molecule has 1 aliphatic rings. The Morgan fingerprint density at radius 3 is 2.81 bits per heavy atom. The predicted octanol–water partition coefficient (Wildman–Crippen LogP) is 3.75. The van der Waals surface area contributed by atoms with E-state index >= 15 is 0 Å². The average molecular weight is 400 g/mol. The second kappa shape index (κ2) is 7.77. The fraction of sp³-hybridized carbons (Fsp3) is 0.105. The van der Waals surface area contributed by atoms with Gasteiger partial charge in [-0.3, -0.25) is 4.79 Å². The summed E-state index contributed by atoms with van der Waals surface area (Å²) in [4.78, 5) is 16.7. The van der Waals surface area contributed by atoms with Crippen LogP contribution in [0.4, 0.5) is 0 Å². The van der Waals surface area contributed by atoms with Gasteiger partial charge in [-0.1, -0.05) is 35.9 Å². The molecule has 4 rings (SSSR count). The second-order valence-electron chi connectivity index (χ2n) is 5.68. The van der Waals surface area contributed by atoms with Gasteiger partial charge in [-0.05, 0) is 24.3 Å². The first kappa shape index (κ1) is 17.5. The molecule has 0 saturated carbocycles. The molecule has 1 N–H and O–H groups in total. The van der Waals surface area contributed by atoms with Crippen molar-refractivity contribution in [3.63, 3.8) is 0 Å². The van der Waals surface area contributed by atoms with Gasteiger partial charge in [0, 0.05) is 16.0 Å². The number of nitrogens with zero attached hydrogens (tertiary/aromatic N) is 2. The van der Waals surface area contributed by atoms with Crippen LogP contribution in [0.5, 0.6) is 11.5 Å². The van der Waals surface area contributed by atoms with E-state index in [1.54, 1.807) is 12.1 Å². The Bertz CT molecular complexity index is 988. The molecule has 136 valence electrons. The van der Waals surface area contributed by atoms with Gasteiger partial charge in [0.25, 0.3) is 5.91 Å². The summed E-state index contributed by atoms with van der Waals surface area (Å²) in [5, 5.41) is 7.34. The van der Waals surface area contributed by atoms with Crippen LogP contribution in [0.2, 0.25) is 5.02 Å². The minimum atomic E-state index is -0.753. The zero-order chi connectivity index (χ0) is 18.6. The van der Waals surface area contributed by atoms with Crippen molar-refractivity contribution in [3.8, 4) is 22.1 Å². The summed E-state index contributed by atoms with van der Waals surface area (Å²) >= 11 is 7.38. The van der Waals surface area contributed by atoms with E-state index in [-0.39, 0.29) is 12.5 Å². The first-order chi connectivity index (χ1) is 13.2. The van der Waals surface area contributed by atoms with Crippen LogP contribution in [0.25, 0.3) is 10.6 Å². The molecule has 0 radical (unpaired) electrons. The third-order valence-corrected chi connectivity index (χ3v) is 4.95. The van der Waals surface area contributed by atoms with E-state index in [0.29, 0.717) is 22.2 Å². The zero-order valence-corrected chi connectivity index (χ0v) is 15.5. The zero-order valence-electron chi connectivity index (χ0n) is 14.0. The number of hydrazone groups is 1. The predicted molar refractivity (Wildman–Crippen MR) is 105 cm³/mol. The maximum Gasteiger partial charge on any atom is 0.284 e. The van der Waals surface area contributed by atoms with Crippen LogP contribution < -0.4 is 14.9 Å². The molecule has 2 heterocycles. The number of hydrogen-bond acceptors (Lipinski definition) is 6. The largest absolute Gasteiger partial charge is 0.485 e. The van der Waals surface area contributed by atoms with Crippen molar-refractivity contribution in [2.24, 2.45) is 5.10 Å². The third-order valence-electron chi connectivity index (χ3n) is 3.79. The van der Waals surface area contributed by atoms with Gasteiger partial charge in [0.05, 0.1) is 11.9 Å². The standard InChI is InChI=1S/C19H14ClN3O3S/c20-13-7-5-12(6-8-13)19-22-14(11-27-19)9-21-23-18(24)17-10-25-15-3-1-2-4-16(15)26-17/h1-9,11,17H,10H2,(H,23,24)/b21-9-/t17-/m1/s1. The van der Waals surface area contributed by atoms with Crippen LogP contribution in [0.3, 0.4) is 0 Å². The lowest BCUT2D eigenvalue weighted by molar-refractivity contribution is -0.130. The van der Waals surface area contributed by atoms with E-state index in [9.17, 15) is 4.79 Å². The molecule has 0 bridgehead atoms. The number of nitrogens with one attached hydrogen (secondary N) is 1. The topological polar surface area (TPSA) is 72.8 Å². The Balaban J connectivity index is 1.36. The van der Waals surface area contributed by atoms with Gasteiger partial charge in [0.15, 0.2) is 11.5 Å². The van der Waals surface area contributed by atoms with Crippen molar-refractivity contribution in [3.05, 3.63) is 64.6 Å². The molecular formula is C19H14ClN3O3S. The Morgan fingerprint density at radius 2 is 2.00 bits per heavy atom. The highest BCUT2D eigenvalue weighted by molar-refractivity contribution is 7.13. The lowest BCUT2D eigenvalue weighted by Crippen LogP contribution is -2.42. The van der Waals surface area contributed by atoms with Crippen LogP contribution >= 0.6 is 22.9 Å². The molecule has 6 nitrogen and oxygen atoms in total. The number of hydrogen-bond donors (Lipinski definition) is 1. The lowest BCUT2D eigenvalue weighted by atomic mass is 10.2. The molecule has 1 aromatic heterocycles. The Hall–Kier alpha value is -2.90. The molecule has 0 spiro atoms. The Kier molecular flexibility index (Phi) is 5.04. The summed E-state index contributed by atoms with van der Waals surface area (Å²) < 4.78 is 11.2. The van der Waals surface area contributed by atoms with Crippen molar-refractivity contribution in [1.29, 1.82) is 0 Å². The number of rotatable bonds is 4. The average Bonchev–Trinajstić information content (AvgIpc) is 3.17. The second-order valence-corrected chi connectivity index (χ2v) is 6.98. The number of thiazole rings is 1. The minimum Gasteiger partial charge on any atom is -0.485 e. The molecule has 1 amide bonds. The molecule has 27 heavy (non-hydrogen) atoms. The monoisotopic (exact) mass is 399 g/mol. The fourth-order valence-electron chi connectivity index (χ4n) is 2.45. The number of carbonyl (C=O) groups excluding carboxylic acids is 1. The summed E-state index contributed by atoms with van der Waals surface area (Å²) in [6, 6.07) is 14.7. The number of para-hydroxylation sites is 2. The molecule has 1 atom stereocenters. The van der Waals surface area contributed by atoms with Gasteiger partial charge in [-0.2, -0.15) is 5.10 Å². The van der Waals surface area contributed by atoms with Gasteiger partial charge in [0.1, 0.15) is 11.6 Å². The number of aromatic nitrogens is 1. The highest BCUT2D eigenvalue weighted by atomic mass is 35.5. The van der Waals surface area contributed by atoms with E-state index in [2.05, 4.69) is 15.5 Å². The van der Waals surface area contributed by atoms with Gasteiger partial charge in [0.2, 0.25) is 6.10 Å². The number of ether oxygens (including phenoxy) is 2. The maximum atomic E-state index is 12.2. The first-order valence-electron chi connectivity index (χ1n) is 8.12. The molecule has 0 unspecified atom stereocenters. The quantitative estimate of drug-likeness (QED) is 0.535. The first-order valence-corrected chi connectivity index (χ1v) is 9.38. The van der Waals surface area contributed by atoms with Gasteiger partial charge in [-0.25, -0.2) is 10.4 Å². The minimum absolute atomic E-state index is 0.135. The van der Waals surface area contributed by atoms with Crippen LogP contribution in [-0.2, 0) is 4.79 Å². The fourth-order valence-corrected chi connectivity index (χ4v) is 3.36. The number of carbonyl (C=O) groups is 1. The van der Waals surface area contributed by atoms with E-state index in [4.69, 9.17) is 21.1 Å². The Morgan fingerprint density at radius 1 is 1.22 bits per heavy atom. The smallest absolute Gasteiger partial charge is 0.284 e. The summed E-state index contributed by atoms with van der Waals surface area (Å²) in [5.74, 6) is 0.788.